The average molecular weight is 859 g/mol. The minimum Gasteiger partial charge on any atom is -0.496 e. The van der Waals surface area contributed by atoms with Gasteiger partial charge < -0.3 is 38.1 Å². The number of piperazine rings is 1. The molecule has 1 N–H and O–H groups in total. The van der Waals surface area contributed by atoms with Crippen LogP contribution in [0.4, 0.5) is 0 Å². The number of hydrogen-bond acceptors (Lipinski definition) is 13. The molecular formula is C47H47ClN6O8. The van der Waals surface area contributed by atoms with E-state index in [2.05, 4.69) is 37.9 Å². The summed E-state index contributed by atoms with van der Waals surface area (Å²) in [6.45, 7) is 6.47. The summed E-state index contributed by atoms with van der Waals surface area (Å²) in [5.74, 6) is 2.09. The van der Waals surface area contributed by atoms with Crippen molar-refractivity contribution in [3.05, 3.63) is 107 Å². The number of carboxylic acid groups (broad SMARTS) is 1. The zero-order valence-corrected chi connectivity index (χ0v) is 35.6. The van der Waals surface area contributed by atoms with E-state index in [9.17, 15) is 9.90 Å². The fraction of sp³-hybridized carbons (Fsp3) is 0.340. The number of aliphatic carboxylic acids is 1. The number of aromatic nitrogens is 4. The summed E-state index contributed by atoms with van der Waals surface area (Å²) in [4.78, 5) is 36.1. The Morgan fingerprint density at radius 3 is 2.65 bits per heavy atom. The number of nitrogens with zero attached hydrogens (tertiary/aromatic N) is 6. The minimum absolute atomic E-state index is 0.0677. The van der Waals surface area contributed by atoms with Gasteiger partial charge in [0.1, 0.15) is 59.8 Å². The fourth-order valence-electron chi connectivity index (χ4n) is 8.24. The van der Waals surface area contributed by atoms with Crippen LogP contribution in [0.15, 0.2) is 83.7 Å². The number of rotatable bonds is 9. The lowest BCUT2D eigenvalue weighted by molar-refractivity contribution is -0.145. The summed E-state index contributed by atoms with van der Waals surface area (Å²) in [7, 11) is 3.73. The number of carbonyl (C=O) groups is 1. The number of furan rings is 1. The monoisotopic (exact) mass is 858 g/mol. The van der Waals surface area contributed by atoms with Crippen LogP contribution >= 0.6 is 11.6 Å². The third-order valence-electron chi connectivity index (χ3n) is 11.6. The van der Waals surface area contributed by atoms with E-state index in [-0.39, 0.29) is 31.2 Å². The molecule has 0 saturated carbocycles. The van der Waals surface area contributed by atoms with E-state index < -0.39 is 18.2 Å². The van der Waals surface area contributed by atoms with Gasteiger partial charge in [-0.15, -0.1) is 0 Å². The molecule has 2 atom stereocenters. The average Bonchev–Trinajstić information content (AvgIpc) is 3.97. The highest BCUT2D eigenvalue weighted by atomic mass is 35.5. The van der Waals surface area contributed by atoms with Gasteiger partial charge in [-0.25, -0.2) is 24.7 Å². The van der Waals surface area contributed by atoms with E-state index >= 15 is 0 Å². The number of fused-ring (bicyclic) bond motifs is 7. The van der Waals surface area contributed by atoms with Gasteiger partial charge in [0.2, 0.25) is 17.7 Å². The van der Waals surface area contributed by atoms with Crippen molar-refractivity contribution >= 4 is 34.2 Å². The number of carboxylic acids is 1. The van der Waals surface area contributed by atoms with Gasteiger partial charge in [0, 0.05) is 56.5 Å². The largest absolute Gasteiger partial charge is 0.496 e. The lowest BCUT2D eigenvalue weighted by atomic mass is 9.95. The van der Waals surface area contributed by atoms with Gasteiger partial charge in [0.25, 0.3) is 0 Å². The molecule has 4 bridgehead atoms. The normalized spacial score (nSPS) is 18.4. The molecule has 320 valence electrons. The lowest BCUT2D eigenvalue weighted by Crippen LogP contribution is -2.49. The Morgan fingerprint density at radius 1 is 0.984 bits per heavy atom. The second-order valence-electron chi connectivity index (χ2n) is 15.8. The SMILES string of the molecule is COc1ccccc1-c1nccc(COc2ccc3cc2C[C@H](C(=O)O)Oc2ncnc4oc(C5=CCCC5)c(c24)-c2ccc(c(Cl)c2C)O[C@H](CN2CCN(C)CC2)CO3)n1. The molecule has 3 aromatic carbocycles. The molecule has 62 heavy (non-hydrogen) atoms. The van der Waals surface area contributed by atoms with E-state index in [1.807, 2.05) is 43.3 Å². The molecule has 10 rings (SSSR count). The van der Waals surface area contributed by atoms with Crippen molar-refractivity contribution in [2.75, 3.05) is 53.5 Å². The molecule has 1 saturated heterocycles. The molecule has 0 amide bonds. The molecule has 3 aliphatic heterocycles. The van der Waals surface area contributed by atoms with Crippen LogP contribution in [0.25, 0.3) is 39.2 Å². The van der Waals surface area contributed by atoms with Gasteiger partial charge in [0.15, 0.2) is 5.82 Å². The van der Waals surface area contributed by atoms with Crippen LogP contribution in [0.3, 0.4) is 0 Å². The first-order valence-electron chi connectivity index (χ1n) is 20.8. The van der Waals surface area contributed by atoms with Crippen LogP contribution in [0, 0.1) is 6.92 Å². The van der Waals surface area contributed by atoms with Crippen LogP contribution in [0.1, 0.15) is 41.8 Å². The van der Waals surface area contributed by atoms with Crippen LogP contribution in [0.5, 0.6) is 28.9 Å². The maximum Gasteiger partial charge on any atom is 0.345 e. The van der Waals surface area contributed by atoms with Gasteiger partial charge >= 0.3 is 5.97 Å². The number of methoxy groups -OCH3 is 1. The summed E-state index contributed by atoms with van der Waals surface area (Å²) in [6, 6.07) is 18.5. The predicted octanol–water partition coefficient (Wildman–Crippen LogP) is 7.93. The Kier molecular flexibility index (Phi) is 12.0. The van der Waals surface area contributed by atoms with Crippen molar-refractivity contribution in [1.82, 2.24) is 29.7 Å². The third-order valence-corrected chi connectivity index (χ3v) is 12.1. The first-order chi connectivity index (χ1) is 30.2. The smallest absolute Gasteiger partial charge is 0.345 e. The van der Waals surface area contributed by atoms with E-state index in [1.165, 1.54) is 6.33 Å². The van der Waals surface area contributed by atoms with Gasteiger partial charge in [-0.2, -0.15) is 0 Å². The molecule has 14 nitrogen and oxygen atoms in total. The number of ether oxygens (including phenoxy) is 5. The molecular weight excluding hydrogens is 812 g/mol. The number of likely N-dealkylation sites (N-methyl/N-ethyl adjacent to an activating group) is 1. The highest BCUT2D eigenvalue weighted by Crippen LogP contribution is 2.47. The second kappa shape index (κ2) is 18.0. The van der Waals surface area contributed by atoms with Crippen LogP contribution in [0.2, 0.25) is 5.02 Å². The first kappa shape index (κ1) is 41.1. The van der Waals surface area contributed by atoms with Gasteiger partial charge in [-0.3, -0.25) is 4.90 Å². The fourth-order valence-corrected chi connectivity index (χ4v) is 8.45. The van der Waals surface area contributed by atoms with Crippen LogP contribution in [-0.2, 0) is 17.8 Å². The minimum atomic E-state index is -1.41. The highest BCUT2D eigenvalue weighted by Gasteiger charge is 2.31. The van der Waals surface area contributed by atoms with Gasteiger partial charge in [0.05, 0.1) is 23.4 Å². The lowest BCUT2D eigenvalue weighted by Gasteiger charge is -2.34. The molecule has 1 aliphatic carbocycles. The Bertz CT molecular complexity index is 2640. The molecule has 6 aromatic rings. The zero-order valence-electron chi connectivity index (χ0n) is 34.8. The third kappa shape index (κ3) is 8.63. The topological polar surface area (TPSA) is 155 Å². The number of para-hydroxylation sites is 1. The number of halogens is 1. The maximum absolute atomic E-state index is 13.2. The molecule has 3 aromatic heterocycles. The van der Waals surface area contributed by atoms with Gasteiger partial charge in [-0.1, -0.05) is 35.9 Å². The Labute approximate surface area is 364 Å². The van der Waals surface area contributed by atoms with E-state index in [0.29, 0.717) is 68.4 Å². The Morgan fingerprint density at radius 2 is 1.84 bits per heavy atom. The van der Waals surface area contributed by atoms with E-state index in [1.54, 1.807) is 37.6 Å². The standard InChI is InChI=1S/C47H47ClN6O8/c1-28-34-13-15-38(42(28)48)60-33(24-54-20-18-53(2)19-21-54)26-58-32-12-14-36(59-25-31-16-17-49-44(52-31)35-10-6-7-11-37(35)57-3)30(22-32)23-39(47(55)56)61-45-41-40(34)43(29-8-4-5-9-29)62-46(41)51-27-50-45/h6-8,10-17,22,27,33,39H,4-5,9,18-21,23-26H2,1-3H3,(H,55,56)/t33-,39-/m1/s1. The van der Waals surface area contributed by atoms with Crippen molar-refractivity contribution in [3.8, 4) is 51.4 Å². The van der Waals surface area contributed by atoms with Crippen molar-refractivity contribution in [3.63, 3.8) is 0 Å². The summed E-state index contributed by atoms with van der Waals surface area (Å²) < 4.78 is 38.1. The maximum atomic E-state index is 13.2. The predicted molar refractivity (Wildman–Crippen MR) is 233 cm³/mol. The molecule has 0 unspecified atom stereocenters. The quantitative estimate of drug-likeness (QED) is 0.150. The second-order valence-corrected chi connectivity index (χ2v) is 16.1. The zero-order chi connectivity index (χ0) is 42.7. The molecule has 15 heteroatoms. The van der Waals surface area contributed by atoms with Crippen LogP contribution < -0.4 is 23.7 Å². The Hall–Kier alpha value is -6.22. The van der Waals surface area contributed by atoms with Crippen molar-refractivity contribution in [2.24, 2.45) is 0 Å². The van der Waals surface area contributed by atoms with Crippen molar-refractivity contribution < 1.29 is 38.0 Å². The molecule has 0 radical (unpaired) electrons. The number of allylic oxidation sites excluding steroid dienone is 2. The van der Waals surface area contributed by atoms with E-state index in [0.717, 1.165) is 67.7 Å². The van der Waals surface area contributed by atoms with E-state index in [4.69, 9.17) is 44.7 Å². The Balaban J connectivity index is 1.12. The molecule has 4 aliphatic rings. The van der Waals surface area contributed by atoms with Crippen molar-refractivity contribution in [1.29, 1.82) is 0 Å². The van der Waals surface area contributed by atoms with Crippen molar-refractivity contribution in [2.45, 2.75) is 51.4 Å². The summed E-state index contributed by atoms with van der Waals surface area (Å²) in [6.07, 6.45) is 5.94. The molecule has 0 spiro atoms. The summed E-state index contributed by atoms with van der Waals surface area (Å²) >= 11 is 7.22. The highest BCUT2D eigenvalue weighted by molar-refractivity contribution is 6.33. The van der Waals surface area contributed by atoms with Crippen LogP contribution in [-0.4, -0.2) is 107 Å². The van der Waals surface area contributed by atoms with Gasteiger partial charge in [-0.05, 0) is 92.4 Å². The molecule has 1 fully saturated rings. The summed E-state index contributed by atoms with van der Waals surface area (Å²) in [5.41, 5.74) is 5.40. The first-order valence-corrected chi connectivity index (χ1v) is 21.2. The summed E-state index contributed by atoms with van der Waals surface area (Å²) in [5, 5.41) is 11.7. The number of benzene rings is 3. The molecule has 6 heterocycles. The number of hydrogen-bond donors (Lipinski definition) is 1.